The van der Waals surface area contributed by atoms with Gasteiger partial charge in [0, 0.05) is 5.69 Å². The molecule has 1 aromatic rings. The molecule has 5 nitrogen and oxygen atoms in total. The maximum absolute atomic E-state index is 13.3. The first-order chi connectivity index (χ1) is 10.9. The summed E-state index contributed by atoms with van der Waals surface area (Å²) in [5, 5.41) is 14.5. The number of aliphatic hydroxyl groups is 1. The Morgan fingerprint density at radius 1 is 1.30 bits per heavy atom. The van der Waals surface area contributed by atoms with Crippen molar-refractivity contribution in [2.75, 3.05) is 5.32 Å². The molecular formula is C16H18ClFN2O3. The van der Waals surface area contributed by atoms with Crippen molar-refractivity contribution in [3.8, 4) is 0 Å². The first-order valence-corrected chi connectivity index (χ1v) is 7.71. The highest BCUT2D eigenvalue weighted by atomic mass is 35.5. The Labute approximate surface area is 138 Å². The number of allylic oxidation sites excluding steroid dienone is 1. The number of halogens is 2. The van der Waals surface area contributed by atoms with Crippen LogP contribution < -0.4 is 10.6 Å². The summed E-state index contributed by atoms with van der Waals surface area (Å²) >= 11 is 5.56. The normalized spacial score (nSPS) is 19.9. The number of carbonyl (C=O) groups is 2. The zero-order valence-electron chi connectivity index (χ0n) is 12.7. The van der Waals surface area contributed by atoms with Crippen LogP contribution in [0.3, 0.4) is 0 Å². The number of aliphatic hydroxyl groups excluding tert-OH is 1. The second-order valence-corrected chi connectivity index (χ2v) is 5.87. The molecule has 1 aliphatic rings. The highest BCUT2D eigenvalue weighted by Crippen LogP contribution is 2.25. The van der Waals surface area contributed by atoms with Crippen LogP contribution in [0, 0.1) is 5.82 Å². The number of carbonyl (C=O) groups excluding carboxylic acids is 2. The van der Waals surface area contributed by atoms with E-state index in [1.54, 1.807) is 6.92 Å². The Kier molecular flexibility index (Phi) is 5.60. The van der Waals surface area contributed by atoms with Crippen molar-refractivity contribution in [2.24, 2.45) is 0 Å². The van der Waals surface area contributed by atoms with Crippen LogP contribution in [0.5, 0.6) is 0 Å². The monoisotopic (exact) mass is 340 g/mol. The quantitative estimate of drug-likeness (QED) is 0.571. The van der Waals surface area contributed by atoms with Gasteiger partial charge in [0.25, 0.3) is 0 Å². The molecule has 2 rings (SSSR count). The van der Waals surface area contributed by atoms with Gasteiger partial charge in [-0.2, -0.15) is 0 Å². The van der Waals surface area contributed by atoms with E-state index in [9.17, 15) is 19.1 Å². The summed E-state index contributed by atoms with van der Waals surface area (Å²) in [6.45, 7) is 1.57. The first kappa shape index (κ1) is 17.3. The molecule has 0 bridgehead atoms. The van der Waals surface area contributed by atoms with E-state index in [0.717, 1.165) is 24.5 Å². The smallest absolute Gasteiger partial charge is 0.313 e. The van der Waals surface area contributed by atoms with Gasteiger partial charge >= 0.3 is 11.8 Å². The van der Waals surface area contributed by atoms with E-state index < -0.39 is 17.6 Å². The first-order valence-electron chi connectivity index (χ1n) is 7.34. The lowest BCUT2D eigenvalue weighted by molar-refractivity contribution is -0.136. The number of benzene rings is 1. The molecule has 7 heteroatoms. The molecule has 1 unspecified atom stereocenters. The van der Waals surface area contributed by atoms with E-state index in [4.69, 9.17) is 11.6 Å². The van der Waals surface area contributed by atoms with E-state index in [1.165, 1.54) is 12.1 Å². The van der Waals surface area contributed by atoms with Crippen molar-refractivity contribution < 1.29 is 19.1 Å². The minimum atomic E-state index is -0.896. The zero-order valence-corrected chi connectivity index (χ0v) is 13.4. The molecule has 23 heavy (non-hydrogen) atoms. The van der Waals surface area contributed by atoms with Crippen LogP contribution in [0.1, 0.15) is 32.6 Å². The lowest BCUT2D eigenvalue weighted by Crippen LogP contribution is -2.44. The highest BCUT2D eigenvalue weighted by Gasteiger charge is 2.25. The summed E-state index contributed by atoms with van der Waals surface area (Å²) in [5.74, 6) is -2.23. The van der Waals surface area contributed by atoms with Gasteiger partial charge in [-0.1, -0.05) is 18.0 Å². The lowest BCUT2D eigenvalue weighted by atomic mass is 9.89. The van der Waals surface area contributed by atoms with Crippen molar-refractivity contribution >= 4 is 29.1 Å². The van der Waals surface area contributed by atoms with Gasteiger partial charge in [0.1, 0.15) is 5.82 Å². The number of amides is 2. The Balaban J connectivity index is 2.00. The SMILES string of the molecule is CC(O)=C1CCCCC1NC(=O)C(=O)Nc1ccc(Cl)c(F)c1. The molecule has 1 atom stereocenters. The number of anilines is 1. The van der Waals surface area contributed by atoms with Crippen molar-refractivity contribution in [2.45, 2.75) is 38.6 Å². The fourth-order valence-electron chi connectivity index (χ4n) is 2.59. The maximum Gasteiger partial charge on any atom is 0.313 e. The summed E-state index contributed by atoms with van der Waals surface area (Å²) in [6.07, 6.45) is 3.21. The molecule has 1 aromatic carbocycles. The zero-order chi connectivity index (χ0) is 17.0. The van der Waals surface area contributed by atoms with Crippen LogP contribution in [-0.2, 0) is 9.59 Å². The lowest BCUT2D eigenvalue weighted by Gasteiger charge is -2.26. The summed E-state index contributed by atoms with van der Waals surface area (Å²) in [5.41, 5.74) is 0.889. The van der Waals surface area contributed by atoms with Crippen LogP contribution in [0.25, 0.3) is 0 Å². The van der Waals surface area contributed by atoms with E-state index >= 15 is 0 Å². The molecule has 124 valence electrons. The largest absolute Gasteiger partial charge is 0.513 e. The van der Waals surface area contributed by atoms with Crippen molar-refractivity contribution in [3.63, 3.8) is 0 Å². The Hall–Kier alpha value is -2.08. The third-order valence-electron chi connectivity index (χ3n) is 3.76. The fourth-order valence-corrected chi connectivity index (χ4v) is 2.71. The summed E-state index contributed by atoms with van der Waals surface area (Å²) in [6, 6.07) is 3.38. The number of rotatable bonds is 2. The van der Waals surface area contributed by atoms with Gasteiger partial charge in [-0.3, -0.25) is 9.59 Å². The number of hydrogen-bond donors (Lipinski definition) is 3. The molecule has 2 amide bonds. The van der Waals surface area contributed by atoms with Crippen LogP contribution in [0.4, 0.5) is 10.1 Å². The van der Waals surface area contributed by atoms with Crippen molar-refractivity contribution in [3.05, 3.63) is 40.4 Å². The second kappa shape index (κ2) is 7.46. The summed E-state index contributed by atoms with van der Waals surface area (Å²) < 4.78 is 13.3. The maximum atomic E-state index is 13.3. The van der Waals surface area contributed by atoms with Gasteiger partial charge in [-0.05, 0) is 50.0 Å². The molecule has 0 heterocycles. The van der Waals surface area contributed by atoms with Crippen LogP contribution in [-0.4, -0.2) is 23.0 Å². The molecule has 0 aromatic heterocycles. The highest BCUT2D eigenvalue weighted by molar-refractivity contribution is 6.39. The van der Waals surface area contributed by atoms with Crippen molar-refractivity contribution in [1.82, 2.24) is 5.32 Å². The predicted molar refractivity (Wildman–Crippen MR) is 85.8 cm³/mol. The van der Waals surface area contributed by atoms with Gasteiger partial charge < -0.3 is 15.7 Å². The summed E-state index contributed by atoms with van der Waals surface area (Å²) in [7, 11) is 0. The van der Waals surface area contributed by atoms with Crippen molar-refractivity contribution in [1.29, 1.82) is 0 Å². The molecule has 0 saturated heterocycles. The van der Waals surface area contributed by atoms with E-state index in [2.05, 4.69) is 10.6 Å². The fraction of sp³-hybridized carbons (Fsp3) is 0.375. The summed E-state index contributed by atoms with van der Waals surface area (Å²) in [4.78, 5) is 23.9. The van der Waals surface area contributed by atoms with Gasteiger partial charge in [-0.25, -0.2) is 4.39 Å². The Morgan fingerprint density at radius 3 is 2.70 bits per heavy atom. The topological polar surface area (TPSA) is 78.4 Å². The molecule has 3 N–H and O–H groups in total. The van der Waals surface area contributed by atoms with E-state index in [1.807, 2.05) is 0 Å². The van der Waals surface area contributed by atoms with Gasteiger partial charge in [-0.15, -0.1) is 0 Å². The number of nitrogens with one attached hydrogen (secondary N) is 2. The van der Waals surface area contributed by atoms with E-state index in [-0.39, 0.29) is 22.5 Å². The van der Waals surface area contributed by atoms with Gasteiger partial charge in [0.2, 0.25) is 0 Å². The molecule has 1 aliphatic carbocycles. The third-order valence-corrected chi connectivity index (χ3v) is 4.07. The standard InChI is InChI=1S/C16H18ClFN2O3/c1-9(21)11-4-2-3-5-14(11)20-16(23)15(22)19-10-6-7-12(17)13(18)8-10/h6-8,14,21H,2-5H2,1H3,(H,19,22)(H,20,23). The van der Waals surface area contributed by atoms with Gasteiger partial charge in [0.05, 0.1) is 16.8 Å². The predicted octanol–water partition coefficient (Wildman–Crippen LogP) is 3.31. The molecule has 1 fully saturated rings. The average molecular weight is 341 g/mol. The van der Waals surface area contributed by atoms with Crippen LogP contribution >= 0.6 is 11.6 Å². The minimum absolute atomic E-state index is 0.0668. The second-order valence-electron chi connectivity index (χ2n) is 5.47. The van der Waals surface area contributed by atoms with Gasteiger partial charge in [0.15, 0.2) is 0 Å². The molecule has 0 aliphatic heterocycles. The molecule has 1 saturated carbocycles. The van der Waals surface area contributed by atoms with Crippen LogP contribution in [0.15, 0.2) is 29.5 Å². The van der Waals surface area contributed by atoms with Crippen LogP contribution in [0.2, 0.25) is 5.02 Å². The third kappa shape index (κ3) is 4.45. The molecule has 0 spiro atoms. The minimum Gasteiger partial charge on any atom is -0.513 e. The van der Waals surface area contributed by atoms with E-state index in [0.29, 0.717) is 12.8 Å². The Morgan fingerprint density at radius 2 is 2.04 bits per heavy atom. The average Bonchev–Trinajstić information content (AvgIpc) is 2.51. The number of hydrogen-bond acceptors (Lipinski definition) is 3. The Bertz CT molecular complexity index is 657. The molecular weight excluding hydrogens is 323 g/mol. The molecule has 0 radical (unpaired) electrons.